The molecule has 0 spiro atoms. The van der Waals surface area contributed by atoms with Crippen LogP contribution >= 0.6 is 0 Å². The first-order chi connectivity index (χ1) is 9.27. The molecule has 1 fully saturated rings. The number of nitrogens with zero attached hydrogens (tertiary/aromatic N) is 1. The van der Waals surface area contributed by atoms with Gasteiger partial charge in [0.05, 0.1) is 6.04 Å². The second kappa shape index (κ2) is 5.14. The van der Waals surface area contributed by atoms with Gasteiger partial charge in [-0.3, -0.25) is 4.90 Å². The highest BCUT2D eigenvalue weighted by molar-refractivity contribution is 5.32. The van der Waals surface area contributed by atoms with E-state index in [0.29, 0.717) is 6.54 Å². The average Bonchev–Trinajstić information content (AvgIpc) is 2.49. The fourth-order valence-electron chi connectivity index (χ4n) is 2.78. The molecule has 0 radical (unpaired) electrons. The van der Waals surface area contributed by atoms with Gasteiger partial charge in [-0.2, -0.15) is 0 Å². The Morgan fingerprint density at radius 2 is 1.42 bits per heavy atom. The molecule has 2 atom stereocenters. The zero-order valence-corrected chi connectivity index (χ0v) is 11.0. The van der Waals surface area contributed by atoms with Crippen molar-refractivity contribution in [3.63, 3.8) is 0 Å². The molecule has 1 aliphatic heterocycles. The fraction of sp³-hybridized carbons (Fsp3) is 0.294. The Balaban J connectivity index is 1.97. The standard InChI is InChI=1S/C17H18FN/c1-13-16(18)12-19(13)17(14-8-4-2-5-9-14)15-10-6-3-7-11-15/h2-11,13,16-17H,12H2,1H3/t13-,16-/m0/s1. The lowest BCUT2D eigenvalue weighted by atomic mass is 9.90. The number of alkyl halides is 1. The molecule has 2 heteroatoms. The molecule has 1 aliphatic rings. The molecule has 0 bridgehead atoms. The number of benzene rings is 2. The van der Waals surface area contributed by atoms with E-state index in [1.807, 2.05) is 43.3 Å². The van der Waals surface area contributed by atoms with Crippen molar-refractivity contribution in [2.24, 2.45) is 0 Å². The van der Waals surface area contributed by atoms with Crippen LogP contribution in [0.2, 0.25) is 0 Å². The summed E-state index contributed by atoms with van der Waals surface area (Å²) >= 11 is 0. The normalized spacial score (nSPS) is 23.3. The summed E-state index contributed by atoms with van der Waals surface area (Å²) < 4.78 is 13.5. The zero-order valence-electron chi connectivity index (χ0n) is 11.0. The molecule has 1 saturated heterocycles. The molecule has 0 N–H and O–H groups in total. The number of halogens is 1. The van der Waals surface area contributed by atoms with E-state index < -0.39 is 6.17 Å². The molecule has 1 nitrogen and oxygen atoms in total. The third kappa shape index (κ3) is 2.28. The molecule has 0 unspecified atom stereocenters. The second-order valence-electron chi connectivity index (χ2n) is 5.18. The molecule has 98 valence electrons. The summed E-state index contributed by atoms with van der Waals surface area (Å²) in [5, 5.41) is 0. The predicted molar refractivity (Wildman–Crippen MR) is 75.8 cm³/mol. The van der Waals surface area contributed by atoms with Gasteiger partial charge in [-0.25, -0.2) is 4.39 Å². The molecule has 0 saturated carbocycles. The first-order valence-electron chi connectivity index (χ1n) is 6.77. The van der Waals surface area contributed by atoms with Crippen molar-refractivity contribution in [3.05, 3.63) is 71.8 Å². The van der Waals surface area contributed by atoms with Crippen molar-refractivity contribution >= 4 is 0 Å². The van der Waals surface area contributed by atoms with Crippen LogP contribution in [-0.2, 0) is 0 Å². The molecule has 1 heterocycles. The van der Waals surface area contributed by atoms with Crippen LogP contribution in [0.15, 0.2) is 60.7 Å². The van der Waals surface area contributed by atoms with Gasteiger partial charge in [0.1, 0.15) is 6.17 Å². The lowest BCUT2D eigenvalue weighted by Gasteiger charge is -2.47. The van der Waals surface area contributed by atoms with Crippen molar-refractivity contribution in [1.82, 2.24) is 4.90 Å². The SMILES string of the molecule is C[C@H]1[C@@H](F)CN1C(c1ccccc1)c1ccccc1. The summed E-state index contributed by atoms with van der Waals surface area (Å²) in [5.74, 6) is 0. The van der Waals surface area contributed by atoms with E-state index >= 15 is 0 Å². The molecule has 19 heavy (non-hydrogen) atoms. The maximum atomic E-state index is 13.5. The van der Waals surface area contributed by atoms with Crippen LogP contribution in [0.1, 0.15) is 24.1 Å². The van der Waals surface area contributed by atoms with E-state index in [9.17, 15) is 4.39 Å². The molecule has 0 aliphatic carbocycles. The first kappa shape index (κ1) is 12.4. The number of likely N-dealkylation sites (tertiary alicyclic amines) is 1. The summed E-state index contributed by atoms with van der Waals surface area (Å²) in [6.07, 6.45) is -0.699. The Kier molecular flexibility index (Phi) is 3.34. The van der Waals surface area contributed by atoms with Crippen molar-refractivity contribution in [1.29, 1.82) is 0 Å². The maximum absolute atomic E-state index is 13.5. The summed E-state index contributed by atoms with van der Waals surface area (Å²) in [7, 11) is 0. The molecule has 3 rings (SSSR count). The Labute approximate surface area is 113 Å². The molecule has 2 aromatic carbocycles. The van der Waals surface area contributed by atoms with E-state index in [2.05, 4.69) is 29.2 Å². The number of hydrogen-bond donors (Lipinski definition) is 0. The van der Waals surface area contributed by atoms with Crippen LogP contribution in [0.25, 0.3) is 0 Å². The summed E-state index contributed by atoms with van der Waals surface area (Å²) in [4.78, 5) is 2.23. The van der Waals surface area contributed by atoms with Gasteiger partial charge in [0.15, 0.2) is 0 Å². The van der Waals surface area contributed by atoms with Crippen LogP contribution in [0.4, 0.5) is 4.39 Å². The van der Waals surface area contributed by atoms with Gasteiger partial charge in [0, 0.05) is 12.6 Å². The Morgan fingerprint density at radius 3 is 1.79 bits per heavy atom. The smallest absolute Gasteiger partial charge is 0.128 e. The molecular formula is C17H18FN. The quantitative estimate of drug-likeness (QED) is 0.806. The van der Waals surface area contributed by atoms with E-state index in [4.69, 9.17) is 0 Å². The minimum absolute atomic E-state index is 0.00888. The van der Waals surface area contributed by atoms with Crippen LogP contribution in [-0.4, -0.2) is 23.7 Å². The Hall–Kier alpha value is -1.67. The third-order valence-electron chi connectivity index (χ3n) is 3.99. The van der Waals surface area contributed by atoms with E-state index in [1.54, 1.807) is 0 Å². The van der Waals surface area contributed by atoms with Crippen LogP contribution in [0, 0.1) is 0 Å². The van der Waals surface area contributed by atoms with Crippen LogP contribution in [0.3, 0.4) is 0 Å². The molecular weight excluding hydrogens is 237 g/mol. The Morgan fingerprint density at radius 1 is 0.947 bits per heavy atom. The van der Waals surface area contributed by atoms with Crippen molar-refractivity contribution in [3.8, 4) is 0 Å². The minimum atomic E-state index is -0.699. The van der Waals surface area contributed by atoms with Gasteiger partial charge in [0.25, 0.3) is 0 Å². The summed E-state index contributed by atoms with van der Waals surface area (Å²) in [6.45, 7) is 2.49. The monoisotopic (exact) mass is 255 g/mol. The van der Waals surface area contributed by atoms with Crippen molar-refractivity contribution in [2.75, 3.05) is 6.54 Å². The van der Waals surface area contributed by atoms with Gasteiger partial charge in [0.2, 0.25) is 0 Å². The lowest BCUT2D eigenvalue weighted by Crippen LogP contribution is -2.57. The topological polar surface area (TPSA) is 3.24 Å². The van der Waals surface area contributed by atoms with E-state index in [1.165, 1.54) is 11.1 Å². The predicted octanol–water partition coefficient (Wildman–Crippen LogP) is 3.82. The highest BCUT2D eigenvalue weighted by Gasteiger charge is 2.40. The molecule has 2 aromatic rings. The molecule has 0 amide bonds. The zero-order chi connectivity index (χ0) is 13.2. The third-order valence-corrected chi connectivity index (χ3v) is 3.99. The van der Waals surface area contributed by atoms with Gasteiger partial charge in [-0.1, -0.05) is 60.7 Å². The minimum Gasteiger partial charge on any atom is -0.284 e. The Bertz CT molecular complexity index is 486. The van der Waals surface area contributed by atoms with Crippen LogP contribution in [0.5, 0.6) is 0 Å². The van der Waals surface area contributed by atoms with Gasteiger partial charge in [-0.15, -0.1) is 0 Å². The van der Waals surface area contributed by atoms with Crippen molar-refractivity contribution < 1.29 is 4.39 Å². The number of rotatable bonds is 3. The maximum Gasteiger partial charge on any atom is 0.128 e. The second-order valence-corrected chi connectivity index (χ2v) is 5.18. The highest BCUT2D eigenvalue weighted by atomic mass is 19.1. The summed E-state index contributed by atoms with van der Waals surface area (Å²) in [5.41, 5.74) is 2.46. The number of hydrogen-bond acceptors (Lipinski definition) is 1. The van der Waals surface area contributed by atoms with Crippen molar-refractivity contribution in [2.45, 2.75) is 25.2 Å². The lowest BCUT2D eigenvalue weighted by molar-refractivity contribution is -0.0213. The molecule has 0 aromatic heterocycles. The van der Waals surface area contributed by atoms with Gasteiger partial charge < -0.3 is 0 Å². The van der Waals surface area contributed by atoms with Gasteiger partial charge in [-0.05, 0) is 18.1 Å². The van der Waals surface area contributed by atoms with E-state index in [-0.39, 0.29) is 12.1 Å². The highest BCUT2D eigenvalue weighted by Crippen LogP contribution is 2.36. The van der Waals surface area contributed by atoms with E-state index in [0.717, 1.165) is 0 Å². The van der Waals surface area contributed by atoms with Gasteiger partial charge >= 0.3 is 0 Å². The average molecular weight is 255 g/mol. The largest absolute Gasteiger partial charge is 0.284 e. The first-order valence-corrected chi connectivity index (χ1v) is 6.77. The van der Waals surface area contributed by atoms with Crippen LogP contribution < -0.4 is 0 Å². The summed E-state index contributed by atoms with van der Waals surface area (Å²) in [6, 6.07) is 20.8. The fourth-order valence-corrected chi connectivity index (χ4v) is 2.78.